The van der Waals surface area contributed by atoms with Crippen LogP contribution in [0, 0.1) is 29.1 Å². The summed E-state index contributed by atoms with van der Waals surface area (Å²) in [6, 6.07) is 10.0. The maximum atomic E-state index is 14.3. The molecule has 4 aliphatic rings. The van der Waals surface area contributed by atoms with E-state index in [-0.39, 0.29) is 47.3 Å². The SMILES string of the molecule is CC(=O)O[C@@H]1C=C[C@](C)(O)C[C@@H](C)CC=C[C@H]2[C@@H]3O[C@]3(C)[C@@H](C)[C@H]3[C@H](Cc4ccccc4)NC(=O)[C@@]312. The first kappa shape index (κ1) is 25.2. The lowest BCUT2D eigenvalue weighted by molar-refractivity contribution is -0.162. The lowest BCUT2D eigenvalue weighted by Gasteiger charge is -2.49. The quantitative estimate of drug-likeness (QED) is 0.378. The highest BCUT2D eigenvalue weighted by Gasteiger charge is 2.78. The number of benzene rings is 1. The number of fused-ring (bicyclic) bond motifs is 2. The van der Waals surface area contributed by atoms with E-state index in [1.807, 2.05) is 18.2 Å². The summed E-state index contributed by atoms with van der Waals surface area (Å²) in [5.41, 5.74) is -1.31. The maximum Gasteiger partial charge on any atom is 0.303 e. The van der Waals surface area contributed by atoms with Crippen molar-refractivity contribution in [3.05, 3.63) is 60.2 Å². The molecule has 2 N–H and O–H groups in total. The summed E-state index contributed by atoms with van der Waals surface area (Å²) < 4.78 is 12.4. The number of carbonyl (C=O) groups excluding carboxylic acids is 2. The third-order valence-electron chi connectivity index (χ3n) is 9.24. The Labute approximate surface area is 214 Å². The van der Waals surface area contributed by atoms with Crippen molar-refractivity contribution in [1.82, 2.24) is 5.32 Å². The number of hydrogen-bond acceptors (Lipinski definition) is 5. The molecule has 36 heavy (non-hydrogen) atoms. The number of esters is 1. The van der Waals surface area contributed by atoms with Crippen LogP contribution in [0.25, 0.3) is 0 Å². The summed E-state index contributed by atoms with van der Waals surface area (Å²) in [5, 5.41) is 14.5. The van der Waals surface area contributed by atoms with Gasteiger partial charge in [0.25, 0.3) is 0 Å². The molecule has 10 atom stereocenters. The van der Waals surface area contributed by atoms with Crippen molar-refractivity contribution in [2.75, 3.05) is 0 Å². The first-order valence-electron chi connectivity index (χ1n) is 13.3. The standard InChI is InChI=1S/C30H39NO5/c1-18-10-9-13-22-26-29(5,36-26)19(2)25-23(16-21-11-7-6-8-12-21)31-27(33)30(22,25)24(35-20(3)32)14-15-28(4,34)17-18/h6-9,11-15,18-19,22-26,34H,10,16-17H2,1-5H3,(H,31,33)/t18-,19-,22-,23-,24+,25-,26-,28-,29+,30+/m0/s1. The minimum absolute atomic E-state index is 0.0517. The average molecular weight is 494 g/mol. The van der Waals surface area contributed by atoms with E-state index in [1.54, 1.807) is 19.1 Å². The van der Waals surface area contributed by atoms with Crippen LogP contribution in [0.3, 0.4) is 0 Å². The van der Waals surface area contributed by atoms with Gasteiger partial charge in [0, 0.05) is 24.8 Å². The van der Waals surface area contributed by atoms with Crippen LogP contribution < -0.4 is 5.32 Å². The number of carbonyl (C=O) groups is 2. The van der Waals surface area contributed by atoms with E-state index in [0.717, 1.165) is 12.0 Å². The topological polar surface area (TPSA) is 88.2 Å². The zero-order valence-electron chi connectivity index (χ0n) is 21.9. The second kappa shape index (κ2) is 8.84. The molecule has 6 nitrogen and oxygen atoms in total. The van der Waals surface area contributed by atoms with Crippen molar-refractivity contribution < 1.29 is 24.2 Å². The summed E-state index contributed by atoms with van der Waals surface area (Å²) in [6.45, 7) is 9.59. The lowest BCUT2D eigenvalue weighted by atomic mass is 9.51. The normalized spacial score (nSPS) is 45.5. The molecular formula is C30H39NO5. The van der Waals surface area contributed by atoms with Gasteiger partial charge in [0.05, 0.1) is 17.3 Å². The molecule has 5 rings (SSSR count). The summed E-state index contributed by atoms with van der Waals surface area (Å²) in [7, 11) is 0. The van der Waals surface area contributed by atoms with Crippen LogP contribution in [-0.4, -0.2) is 46.4 Å². The van der Waals surface area contributed by atoms with Crippen molar-refractivity contribution in [3.63, 3.8) is 0 Å². The minimum atomic E-state index is -1.08. The van der Waals surface area contributed by atoms with Gasteiger partial charge in [-0.05, 0) is 56.6 Å². The third kappa shape index (κ3) is 4.03. The zero-order valence-corrected chi connectivity index (χ0v) is 21.9. The van der Waals surface area contributed by atoms with E-state index in [1.165, 1.54) is 6.92 Å². The molecule has 1 saturated carbocycles. The van der Waals surface area contributed by atoms with Gasteiger partial charge in [0.2, 0.25) is 5.91 Å². The predicted molar refractivity (Wildman–Crippen MR) is 137 cm³/mol. The molecule has 194 valence electrons. The number of ether oxygens (including phenoxy) is 2. The second-order valence-electron chi connectivity index (χ2n) is 12.0. The highest BCUT2D eigenvalue weighted by molar-refractivity contribution is 5.89. The van der Waals surface area contributed by atoms with Gasteiger partial charge in [-0.2, -0.15) is 0 Å². The molecule has 1 aromatic rings. The van der Waals surface area contributed by atoms with Gasteiger partial charge in [-0.15, -0.1) is 0 Å². The molecular weight excluding hydrogens is 454 g/mol. The Bertz CT molecular complexity index is 1080. The van der Waals surface area contributed by atoms with E-state index in [0.29, 0.717) is 12.8 Å². The highest BCUT2D eigenvalue weighted by Crippen LogP contribution is 2.67. The first-order valence-corrected chi connectivity index (χ1v) is 13.3. The molecule has 6 heteroatoms. The molecule has 0 aromatic heterocycles. The van der Waals surface area contributed by atoms with Gasteiger partial charge in [0.15, 0.2) is 0 Å². The van der Waals surface area contributed by atoms with Gasteiger partial charge >= 0.3 is 5.97 Å². The van der Waals surface area contributed by atoms with E-state index in [4.69, 9.17) is 9.47 Å². The molecule has 2 aliphatic heterocycles. The summed E-state index contributed by atoms with van der Waals surface area (Å²) >= 11 is 0. The fourth-order valence-corrected chi connectivity index (χ4v) is 7.54. The first-order chi connectivity index (χ1) is 17.0. The molecule has 1 spiro atoms. The van der Waals surface area contributed by atoms with Crippen molar-refractivity contribution in [1.29, 1.82) is 0 Å². The van der Waals surface area contributed by atoms with Crippen LogP contribution in [0.1, 0.15) is 53.0 Å². The third-order valence-corrected chi connectivity index (χ3v) is 9.24. The smallest absolute Gasteiger partial charge is 0.303 e. The number of rotatable bonds is 3. The van der Waals surface area contributed by atoms with E-state index in [2.05, 4.69) is 50.4 Å². The van der Waals surface area contributed by atoms with Crippen LogP contribution in [0.2, 0.25) is 0 Å². The number of hydrogen-bond donors (Lipinski definition) is 2. The fourth-order valence-electron chi connectivity index (χ4n) is 7.54. The van der Waals surface area contributed by atoms with Gasteiger partial charge in [-0.25, -0.2) is 0 Å². The molecule has 0 bridgehead atoms. The molecule has 3 fully saturated rings. The Hall–Kier alpha value is -2.44. The average Bonchev–Trinajstić information content (AvgIpc) is 3.42. The Balaban J connectivity index is 1.68. The maximum absolute atomic E-state index is 14.3. The summed E-state index contributed by atoms with van der Waals surface area (Å²) in [5.74, 6) is -0.642. The van der Waals surface area contributed by atoms with Gasteiger partial charge in [0.1, 0.15) is 11.5 Å². The van der Waals surface area contributed by atoms with Crippen LogP contribution in [0.4, 0.5) is 0 Å². The highest BCUT2D eigenvalue weighted by atomic mass is 16.6. The number of allylic oxidation sites excluding steroid dienone is 1. The van der Waals surface area contributed by atoms with E-state index >= 15 is 0 Å². The molecule has 1 amide bonds. The Morgan fingerprint density at radius 3 is 2.61 bits per heavy atom. The number of amides is 1. The number of nitrogens with one attached hydrogen (secondary N) is 1. The van der Waals surface area contributed by atoms with Crippen molar-refractivity contribution in [3.8, 4) is 0 Å². The van der Waals surface area contributed by atoms with Crippen LogP contribution >= 0.6 is 0 Å². The Kier molecular flexibility index (Phi) is 6.19. The Morgan fingerprint density at radius 2 is 1.92 bits per heavy atom. The van der Waals surface area contributed by atoms with Gasteiger partial charge in [-0.1, -0.05) is 62.4 Å². The number of epoxide rings is 1. The van der Waals surface area contributed by atoms with E-state index < -0.39 is 23.1 Å². The van der Waals surface area contributed by atoms with Crippen LogP contribution in [0.15, 0.2) is 54.6 Å². The van der Waals surface area contributed by atoms with Gasteiger partial charge < -0.3 is 19.9 Å². The molecule has 2 saturated heterocycles. The largest absolute Gasteiger partial charge is 0.457 e. The summed E-state index contributed by atoms with van der Waals surface area (Å²) in [4.78, 5) is 26.7. The van der Waals surface area contributed by atoms with E-state index in [9.17, 15) is 14.7 Å². The summed E-state index contributed by atoms with van der Waals surface area (Å²) in [6.07, 6.45) is 8.86. The second-order valence-corrected chi connectivity index (χ2v) is 12.0. The molecule has 0 unspecified atom stereocenters. The van der Waals surface area contributed by atoms with Crippen LogP contribution in [-0.2, 0) is 25.5 Å². The Morgan fingerprint density at radius 1 is 1.19 bits per heavy atom. The zero-order chi connectivity index (χ0) is 25.9. The number of aliphatic hydroxyl groups is 1. The van der Waals surface area contributed by atoms with Crippen molar-refractivity contribution in [2.45, 2.75) is 83.3 Å². The molecule has 0 radical (unpaired) electrons. The fraction of sp³-hybridized carbons (Fsp3) is 0.600. The van der Waals surface area contributed by atoms with Gasteiger partial charge in [-0.3, -0.25) is 9.59 Å². The monoisotopic (exact) mass is 493 g/mol. The lowest BCUT2D eigenvalue weighted by Crippen LogP contribution is -2.60. The van der Waals surface area contributed by atoms with Crippen molar-refractivity contribution >= 4 is 11.9 Å². The van der Waals surface area contributed by atoms with Crippen molar-refractivity contribution in [2.24, 2.45) is 29.1 Å². The predicted octanol–water partition coefficient (Wildman–Crippen LogP) is 3.98. The van der Waals surface area contributed by atoms with Crippen LogP contribution in [0.5, 0.6) is 0 Å². The molecule has 1 aromatic carbocycles. The minimum Gasteiger partial charge on any atom is -0.457 e. The molecule has 2 heterocycles. The molecule has 2 aliphatic carbocycles.